The number of nitrogens with one attached hydrogen (secondary N) is 2. The van der Waals surface area contributed by atoms with Gasteiger partial charge in [-0.05, 0) is 41.2 Å². The molecular formula is C27H32N2O5. The van der Waals surface area contributed by atoms with Crippen LogP contribution in [0, 0.1) is 0 Å². The minimum atomic E-state index is -2.13. The quantitative estimate of drug-likeness (QED) is 0.236. The Balaban J connectivity index is 1.84. The summed E-state index contributed by atoms with van der Waals surface area (Å²) in [6.07, 6.45) is -0.253. The van der Waals surface area contributed by atoms with Crippen LogP contribution in [-0.4, -0.2) is 40.6 Å². The molecule has 0 spiro atoms. The molecule has 34 heavy (non-hydrogen) atoms. The van der Waals surface area contributed by atoms with Crippen molar-refractivity contribution >= 4 is 22.8 Å². The molecule has 0 aliphatic rings. The highest BCUT2D eigenvalue weighted by molar-refractivity contribution is 5.86. The lowest BCUT2D eigenvalue weighted by molar-refractivity contribution is -0.153. The lowest BCUT2D eigenvalue weighted by atomic mass is 9.95. The van der Waals surface area contributed by atoms with E-state index in [4.69, 9.17) is 4.74 Å². The predicted molar refractivity (Wildman–Crippen MR) is 131 cm³/mol. The second-order valence-electron chi connectivity index (χ2n) is 8.26. The molecule has 2 atom stereocenters. The van der Waals surface area contributed by atoms with Crippen molar-refractivity contribution in [2.75, 3.05) is 6.61 Å². The number of aliphatic hydroxyl groups is 1. The standard InChI is InChI=1S/C27H32N2O5/c1-2-3-18-34-26(33)29-27(25(31)32,24(30)17-16-20-10-5-4-6-11-20)28-19-22-14-9-13-21-12-7-8-15-23(21)22/h4-15,24,28,30H,2-3,16-19H2,1H3,(H,29,33)(H,31,32). The average molecular weight is 465 g/mol. The molecule has 0 aromatic heterocycles. The first-order chi connectivity index (χ1) is 16.5. The highest BCUT2D eigenvalue weighted by Crippen LogP contribution is 2.21. The molecule has 180 valence electrons. The largest absolute Gasteiger partial charge is 0.478 e. The Hall–Kier alpha value is -3.42. The summed E-state index contributed by atoms with van der Waals surface area (Å²) in [4.78, 5) is 25.0. The SMILES string of the molecule is CCCCOC(=O)NC(NCc1cccc2ccccc12)(C(=O)O)C(O)CCc1ccccc1. The third-order valence-corrected chi connectivity index (χ3v) is 5.85. The third kappa shape index (κ3) is 6.34. The average Bonchev–Trinajstić information content (AvgIpc) is 2.85. The van der Waals surface area contributed by atoms with E-state index in [2.05, 4.69) is 10.6 Å². The summed E-state index contributed by atoms with van der Waals surface area (Å²) in [6, 6.07) is 23.0. The van der Waals surface area contributed by atoms with E-state index in [1.165, 1.54) is 0 Å². The summed E-state index contributed by atoms with van der Waals surface area (Å²) >= 11 is 0. The fourth-order valence-corrected chi connectivity index (χ4v) is 3.87. The number of fused-ring (bicyclic) bond motifs is 1. The molecule has 0 aliphatic carbocycles. The van der Waals surface area contributed by atoms with Gasteiger partial charge < -0.3 is 14.9 Å². The molecule has 3 aromatic carbocycles. The lowest BCUT2D eigenvalue weighted by Gasteiger charge is -2.35. The fourth-order valence-electron chi connectivity index (χ4n) is 3.87. The first-order valence-electron chi connectivity index (χ1n) is 11.6. The van der Waals surface area contributed by atoms with Gasteiger partial charge in [-0.25, -0.2) is 9.59 Å². The first kappa shape index (κ1) is 25.2. The number of unbranched alkanes of at least 4 members (excludes halogenated alkanes) is 1. The van der Waals surface area contributed by atoms with E-state index in [-0.39, 0.29) is 19.6 Å². The van der Waals surface area contributed by atoms with Crippen LogP contribution in [0.1, 0.15) is 37.3 Å². The molecule has 0 heterocycles. The second-order valence-corrected chi connectivity index (χ2v) is 8.26. The number of carbonyl (C=O) groups excluding carboxylic acids is 1. The van der Waals surface area contributed by atoms with Crippen LogP contribution in [0.2, 0.25) is 0 Å². The van der Waals surface area contributed by atoms with Crippen LogP contribution < -0.4 is 10.6 Å². The number of hydrogen-bond donors (Lipinski definition) is 4. The number of alkyl carbamates (subject to hydrolysis) is 1. The lowest BCUT2D eigenvalue weighted by Crippen LogP contribution is -2.70. The molecule has 0 saturated carbocycles. The molecule has 4 N–H and O–H groups in total. The number of benzene rings is 3. The topological polar surface area (TPSA) is 108 Å². The van der Waals surface area contributed by atoms with Gasteiger partial charge in [0, 0.05) is 6.54 Å². The van der Waals surface area contributed by atoms with Gasteiger partial charge in [0.1, 0.15) is 6.10 Å². The number of carboxylic acids is 1. The van der Waals surface area contributed by atoms with Crippen molar-refractivity contribution in [1.29, 1.82) is 0 Å². The number of aliphatic carboxylic acids is 1. The Morgan fingerprint density at radius 2 is 1.71 bits per heavy atom. The van der Waals surface area contributed by atoms with Crippen LogP contribution in [0.5, 0.6) is 0 Å². The summed E-state index contributed by atoms with van der Waals surface area (Å²) in [5.74, 6) is -1.39. The number of ether oxygens (including phenoxy) is 1. The zero-order chi connectivity index (χ0) is 24.4. The summed E-state index contributed by atoms with van der Waals surface area (Å²) in [5.41, 5.74) is -0.324. The Labute approximate surface area is 199 Å². The maximum atomic E-state index is 12.5. The monoisotopic (exact) mass is 464 g/mol. The van der Waals surface area contributed by atoms with Gasteiger partial charge in [0.2, 0.25) is 5.66 Å². The van der Waals surface area contributed by atoms with Crippen LogP contribution in [-0.2, 0) is 22.5 Å². The number of aryl methyl sites for hydroxylation is 1. The molecule has 0 fully saturated rings. The number of amides is 1. The molecule has 2 unspecified atom stereocenters. The van der Waals surface area contributed by atoms with Gasteiger partial charge in [-0.15, -0.1) is 0 Å². The van der Waals surface area contributed by atoms with Crippen LogP contribution >= 0.6 is 0 Å². The summed E-state index contributed by atoms with van der Waals surface area (Å²) in [5, 5.41) is 28.6. The number of carbonyl (C=O) groups is 2. The van der Waals surface area contributed by atoms with Crippen molar-refractivity contribution in [3.63, 3.8) is 0 Å². The van der Waals surface area contributed by atoms with E-state index in [0.717, 1.165) is 28.3 Å². The number of hydrogen-bond acceptors (Lipinski definition) is 5. The Bertz CT molecular complexity index is 1080. The maximum Gasteiger partial charge on any atom is 0.409 e. The molecule has 0 bridgehead atoms. The molecule has 0 aliphatic heterocycles. The van der Waals surface area contributed by atoms with Crippen LogP contribution in [0.3, 0.4) is 0 Å². The van der Waals surface area contributed by atoms with Crippen LogP contribution in [0.15, 0.2) is 72.8 Å². The van der Waals surface area contributed by atoms with E-state index in [0.29, 0.717) is 12.8 Å². The Morgan fingerprint density at radius 3 is 2.44 bits per heavy atom. The first-order valence-corrected chi connectivity index (χ1v) is 11.6. The van der Waals surface area contributed by atoms with Crippen molar-refractivity contribution in [2.45, 2.75) is 50.9 Å². The van der Waals surface area contributed by atoms with Crippen molar-refractivity contribution in [2.24, 2.45) is 0 Å². The summed E-state index contributed by atoms with van der Waals surface area (Å²) in [7, 11) is 0. The zero-order valence-electron chi connectivity index (χ0n) is 19.4. The van der Waals surface area contributed by atoms with E-state index in [1.807, 2.05) is 79.7 Å². The van der Waals surface area contributed by atoms with Gasteiger partial charge in [-0.3, -0.25) is 10.6 Å². The van der Waals surface area contributed by atoms with Gasteiger partial charge in [-0.1, -0.05) is 86.1 Å². The van der Waals surface area contributed by atoms with Gasteiger partial charge in [0.05, 0.1) is 6.61 Å². The highest BCUT2D eigenvalue weighted by Gasteiger charge is 2.47. The predicted octanol–water partition coefficient (Wildman–Crippen LogP) is 4.23. The number of aliphatic hydroxyl groups excluding tert-OH is 1. The molecule has 7 heteroatoms. The molecule has 0 radical (unpaired) electrons. The molecule has 0 saturated heterocycles. The number of rotatable bonds is 12. The fraction of sp³-hybridized carbons (Fsp3) is 0.333. The second kappa shape index (κ2) is 12.2. The van der Waals surface area contributed by atoms with Crippen LogP contribution in [0.4, 0.5) is 4.79 Å². The molecule has 7 nitrogen and oxygen atoms in total. The van der Waals surface area contributed by atoms with Gasteiger partial charge >= 0.3 is 12.1 Å². The van der Waals surface area contributed by atoms with E-state index >= 15 is 0 Å². The minimum Gasteiger partial charge on any atom is -0.478 e. The van der Waals surface area contributed by atoms with E-state index in [1.54, 1.807) is 0 Å². The minimum absolute atomic E-state index is 0.116. The van der Waals surface area contributed by atoms with Gasteiger partial charge in [-0.2, -0.15) is 0 Å². The number of carboxylic acid groups (broad SMARTS) is 1. The third-order valence-electron chi connectivity index (χ3n) is 5.85. The van der Waals surface area contributed by atoms with Crippen molar-refractivity contribution < 1.29 is 24.5 Å². The van der Waals surface area contributed by atoms with Gasteiger partial charge in [0.25, 0.3) is 0 Å². The molecule has 3 rings (SSSR count). The zero-order valence-corrected chi connectivity index (χ0v) is 19.4. The van der Waals surface area contributed by atoms with E-state index < -0.39 is 23.8 Å². The smallest absolute Gasteiger partial charge is 0.409 e. The molecular weight excluding hydrogens is 432 g/mol. The van der Waals surface area contributed by atoms with Crippen LogP contribution in [0.25, 0.3) is 10.8 Å². The maximum absolute atomic E-state index is 12.5. The summed E-state index contributed by atoms with van der Waals surface area (Å²) < 4.78 is 5.16. The van der Waals surface area contributed by atoms with E-state index in [9.17, 15) is 19.8 Å². The Morgan fingerprint density at radius 1 is 1.00 bits per heavy atom. The van der Waals surface area contributed by atoms with Crippen molar-refractivity contribution in [3.05, 3.63) is 83.9 Å². The van der Waals surface area contributed by atoms with Crippen molar-refractivity contribution in [3.8, 4) is 0 Å². The van der Waals surface area contributed by atoms with Crippen molar-refractivity contribution in [1.82, 2.24) is 10.6 Å². The molecule has 3 aromatic rings. The highest BCUT2D eigenvalue weighted by atomic mass is 16.5. The Kier molecular flexibility index (Phi) is 9.01. The molecule has 1 amide bonds. The summed E-state index contributed by atoms with van der Waals surface area (Å²) in [6.45, 7) is 2.24. The van der Waals surface area contributed by atoms with Gasteiger partial charge in [0.15, 0.2) is 0 Å². The normalized spacial score (nSPS) is 13.7.